The Morgan fingerprint density at radius 2 is 1.64 bits per heavy atom. The van der Waals surface area contributed by atoms with Crippen LogP contribution in [0.5, 0.6) is 5.75 Å². The molecule has 1 fully saturated rings. The number of hydrogen-bond acceptors (Lipinski definition) is 6. The van der Waals surface area contributed by atoms with Gasteiger partial charge in [0.05, 0.1) is 18.0 Å². The number of nitrogens with zero attached hydrogens (tertiary/aromatic N) is 1. The van der Waals surface area contributed by atoms with Gasteiger partial charge in [-0.25, -0.2) is 4.90 Å². The van der Waals surface area contributed by atoms with Gasteiger partial charge in [0.15, 0.2) is 0 Å². The SMILES string of the molecule is COc1ccc(Br)cc1C=C(NC(=O)c1ccccc1)C(=O)Nc1cccc(SC2CC(=O)N(c3ccc(Br)cc3)C2=O)c1. The van der Waals surface area contributed by atoms with Gasteiger partial charge in [-0.3, -0.25) is 19.2 Å². The lowest BCUT2D eigenvalue weighted by molar-refractivity contribution is -0.121. The highest BCUT2D eigenvalue weighted by Gasteiger charge is 2.40. The molecular formula is C33H25Br2N3O5S. The number of imide groups is 1. The van der Waals surface area contributed by atoms with Crippen molar-refractivity contribution in [3.05, 3.63) is 123 Å². The maximum absolute atomic E-state index is 13.6. The number of anilines is 2. The number of amides is 4. The van der Waals surface area contributed by atoms with Crippen LogP contribution in [0.2, 0.25) is 0 Å². The lowest BCUT2D eigenvalue weighted by atomic mass is 10.1. The highest BCUT2D eigenvalue weighted by atomic mass is 79.9. The Hall–Kier alpha value is -4.19. The van der Waals surface area contributed by atoms with Crippen LogP contribution in [0.25, 0.3) is 6.08 Å². The Labute approximate surface area is 275 Å². The van der Waals surface area contributed by atoms with Crippen molar-refractivity contribution in [1.29, 1.82) is 0 Å². The summed E-state index contributed by atoms with van der Waals surface area (Å²) in [7, 11) is 1.52. The van der Waals surface area contributed by atoms with Crippen molar-refractivity contribution in [2.45, 2.75) is 16.6 Å². The van der Waals surface area contributed by atoms with E-state index in [1.165, 1.54) is 29.8 Å². The number of methoxy groups -OCH3 is 1. The monoisotopic (exact) mass is 733 g/mol. The van der Waals surface area contributed by atoms with E-state index in [-0.39, 0.29) is 23.9 Å². The van der Waals surface area contributed by atoms with E-state index in [0.717, 1.165) is 8.95 Å². The van der Waals surface area contributed by atoms with Crippen molar-refractivity contribution in [3.8, 4) is 5.75 Å². The van der Waals surface area contributed by atoms with Crippen LogP contribution in [-0.2, 0) is 14.4 Å². The van der Waals surface area contributed by atoms with Gasteiger partial charge >= 0.3 is 0 Å². The first kappa shape index (κ1) is 31.2. The van der Waals surface area contributed by atoms with Gasteiger partial charge in [-0.15, -0.1) is 11.8 Å². The quantitative estimate of drug-likeness (QED) is 0.141. The molecule has 0 bridgehead atoms. The molecule has 1 unspecified atom stereocenters. The molecule has 2 N–H and O–H groups in total. The average molecular weight is 735 g/mol. The van der Waals surface area contributed by atoms with Crippen LogP contribution in [0.15, 0.2) is 117 Å². The van der Waals surface area contributed by atoms with Gasteiger partial charge in [-0.2, -0.15) is 0 Å². The molecule has 4 aromatic carbocycles. The third-order valence-corrected chi connectivity index (χ3v) is 8.78. The summed E-state index contributed by atoms with van der Waals surface area (Å²) in [6, 6.07) is 27.9. The van der Waals surface area contributed by atoms with Crippen molar-refractivity contribution in [3.63, 3.8) is 0 Å². The highest BCUT2D eigenvalue weighted by Crippen LogP contribution is 2.35. The molecule has 4 amide bonds. The van der Waals surface area contributed by atoms with Gasteiger partial charge in [0.2, 0.25) is 11.8 Å². The maximum atomic E-state index is 13.6. The van der Waals surface area contributed by atoms with Gasteiger partial charge in [-0.1, -0.05) is 56.1 Å². The van der Waals surface area contributed by atoms with Gasteiger partial charge in [-0.05, 0) is 78.9 Å². The van der Waals surface area contributed by atoms with E-state index in [1.807, 2.05) is 6.07 Å². The Morgan fingerprint density at radius 1 is 0.909 bits per heavy atom. The van der Waals surface area contributed by atoms with Gasteiger partial charge in [0, 0.05) is 37.1 Å². The molecule has 0 aromatic heterocycles. The molecule has 0 aliphatic carbocycles. The molecule has 5 rings (SSSR count). The molecule has 1 aliphatic rings. The standard InChI is InChI=1S/C33H25Br2N3O5S/c1-43-28-15-12-23(35)16-21(28)17-27(37-31(40)20-6-3-2-4-7-20)32(41)36-24-8-5-9-26(18-24)44-29-19-30(39)38(33(29)42)25-13-10-22(34)11-14-25/h2-18,29H,19H2,1H3,(H,36,41)(H,37,40). The molecule has 1 saturated heterocycles. The summed E-state index contributed by atoms with van der Waals surface area (Å²) in [5.41, 5.74) is 1.92. The zero-order valence-corrected chi connectivity index (χ0v) is 27.2. The summed E-state index contributed by atoms with van der Waals surface area (Å²) in [5.74, 6) is -1.07. The summed E-state index contributed by atoms with van der Waals surface area (Å²) < 4.78 is 7.07. The molecule has 222 valence electrons. The van der Waals surface area contributed by atoms with Crippen molar-refractivity contribution in [1.82, 2.24) is 5.32 Å². The number of carbonyl (C=O) groups is 4. The molecule has 1 atom stereocenters. The summed E-state index contributed by atoms with van der Waals surface area (Å²) in [6.45, 7) is 0. The van der Waals surface area contributed by atoms with E-state index in [9.17, 15) is 19.2 Å². The van der Waals surface area contributed by atoms with Crippen LogP contribution in [0.1, 0.15) is 22.3 Å². The van der Waals surface area contributed by atoms with Crippen LogP contribution in [0.4, 0.5) is 11.4 Å². The minimum absolute atomic E-state index is 0.00461. The number of rotatable bonds is 9. The first-order chi connectivity index (χ1) is 21.2. The van der Waals surface area contributed by atoms with Crippen LogP contribution in [0, 0.1) is 0 Å². The van der Waals surface area contributed by atoms with Crippen LogP contribution < -0.4 is 20.3 Å². The summed E-state index contributed by atoms with van der Waals surface area (Å²) in [6.07, 6.45) is 1.60. The summed E-state index contributed by atoms with van der Waals surface area (Å²) >= 11 is 8.06. The van der Waals surface area contributed by atoms with Gasteiger partial charge in [0.25, 0.3) is 11.8 Å². The van der Waals surface area contributed by atoms with Crippen LogP contribution in [-0.4, -0.2) is 36.0 Å². The maximum Gasteiger partial charge on any atom is 0.272 e. The summed E-state index contributed by atoms with van der Waals surface area (Å²) in [4.78, 5) is 54.4. The van der Waals surface area contributed by atoms with Crippen molar-refractivity contribution in [2.24, 2.45) is 0 Å². The molecule has 1 aliphatic heterocycles. The molecule has 0 spiro atoms. The lowest BCUT2D eigenvalue weighted by Crippen LogP contribution is -2.31. The Balaban J connectivity index is 1.36. The highest BCUT2D eigenvalue weighted by molar-refractivity contribution is 9.10. The van der Waals surface area contributed by atoms with Crippen molar-refractivity contribution >= 4 is 84.7 Å². The zero-order valence-electron chi connectivity index (χ0n) is 23.3. The molecule has 8 nitrogen and oxygen atoms in total. The van der Waals surface area contributed by atoms with E-state index in [2.05, 4.69) is 42.5 Å². The van der Waals surface area contributed by atoms with E-state index in [1.54, 1.807) is 91.0 Å². The van der Waals surface area contributed by atoms with Crippen LogP contribution >= 0.6 is 43.6 Å². The fourth-order valence-electron chi connectivity index (χ4n) is 4.48. The lowest BCUT2D eigenvalue weighted by Gasteiger charge is -2.15. The van der Waals surface area contributed by atoms with Crippen molar-refractivity contribution < 1.29 is 23.9 Å². The zero-order chi connectivity index (χ0) is 31.2. The Bertz CT molecular complexity index is 1760. The first-order valence-electron chi connectivity index (χ1n) is 13.3. The number of ether oxygens (including phenoxy) is 1. The number of thioether (sulfide) groups is 1. The molecule has 0 saturated carbocycles. The second-order valence-electron chi connectivity index (χ2n) is 9.60. The fourth-order valence-corrected chi connectivity index (χ4v) is 6.24. The van der Waals surface area contributed by atoms with Gasteiger partial charge < -0.3 is 15.4 Å². The topological polar surface area (TPSA) is 105 Å². The third kappa shape index (κ3) is 7.47. The largest absolute Gasteiger partial charge is 0.496 e. The predicted octanol–water partition coefficient (Wildman–Crippen LogP) is 7.05. The minimum Gasteiger partial charge on any atom is -0.496 e. The molecule has 44 heavy (non-hydrogen) atoms. The number of nitrogens with one attached hydrogen (secondary N) is 2. The second-order valence-corrected chi connectivity index (χ2v) is 12.7. The molecule has 4 aromatic rings. The second kappa shape index (κ2) is 14.1. The number of halogens is 2. The van der Waals surface area contributed by atoms with E-state index in [4.69, 9.17) is 4.74 Å². The summed E-state index contributed by atoms with van der Waals surface area (Å²) in [5, 5.41) is 4.96. The Morgan fingerprint density at radius 3 is 2.36 bits per heavy atom. The van der Waals surface area contributed by atoms with Gasteiger partial charge in [0.1, 0.15) is 11.4 Å². The molecule has 11 heteroatoms. The van der Waals surface area contributed by atoms with E-state index in [0.29, 0.717) is 33.1 Å². The normalized spacial score (nSPS) is 14.8. The molecule has 1 heterocycles. The smallest absolute Gasteiger partial charge is 0.272 e. The fraction of sp³-hybridized carbons (Fsp3) is 0.0909. The first-order valence-corrected chi connectivity index (χ1v) is 15.8. The van der Waals surface area contributed by atoms with Crippen LogP contribution in [0.3, 0.4) is 0 Å². The predicted molar refractivity (Wildman–Crippen MR) is 179 cm³/mol. The number of carbonyl (C=O) groups excluding carboxylic acids is 4. The third-order valence-electron chi connectivity index (χ3n) is 6.58. The average Bonchev–Trinajstić information content (AvgIpc) is 3.29. The van der Waals surface area contributed by atoms with E-state index < -0.39 is 17.1 Å². The molecular weight excluding hydrogens is 710 g/mol. The number of hydrogen-bond donors (Lipinski definition) is 2. The Kier molecular flexibility index (Phi) is 9.99. The minimum atomic E-state index is -0.610. The molecule has 0 radical (unpaired) electrons. The number of benzene rings is 4. The van der Waals surface area contributed by atoms with Crippen molar-refractivity contribution in [2.75, 3.05) is 17.3 Å². The van der Waals surface area contributed by atoms with E-state index >= 15 is 0 Å².